The summed E-state index contributed by atoms with van der Waals surface area (Å²) in [6.45, 7) is 0. The van der Waals surface area contributed by atoms with Crippen LogP contribution in [0.25, 0.3) is 0 Å². The normalized spacial score (nSPS) is 10.3. The van der Waals surface area contributed by atoms with Gasteiger partial charge in [-0.15, -0.1) is 0 Å². The summed E-state index contributed by atoms with van der Waals surface area (Å²) in [5.41, 5.74) is 0.896. The predicted molar refractivity (Wildman–Crippen MR) is 68.4 cm³/mol. The zero-order valence-electron chi connectivity index (χ0n) is 8.66. The predicted octanol–water partition coefficient (Wildman–Crippen LogP) is 4.56. The molecule has 5 heteroatoms. The number of halogens is 3. The van der Waals surface area contributed by atoms with Gasteiger partial charge in [0, 0.05) is 17.1 Å². The van der Waals surface area contributed by atoms with Crippen molar-refractivity contribution >= 4 is 27.5 Å². The van der Waals surface area contributed by atoms with Crippen LogP contribution in [0.1, 0.15) is 5.56 Å². The first-order valence-electron chi connectivity index (χ1n) is 4.83. The lowest BCUT2D eigenvalue weighted by atomic mass is 10.3. The Labute approximate surface area is 112 Å². The van der Waals surface area contributed by atoms with E-state index in [9.17, 15) is 4.39 Å². The van der Waals surface area contributed by atoms with Gasteiger partial charge in [-0.1, -0.05) is 33.6 Å². The first kappa shape index (κ1) is 12.3. The van der Waals surface area contributed by atoms with Crippen LogP contribution in [0.5, 0.6) is 11.6 Å². The molecule has 0 spiro atoms. The maximum absolute atomic E-state index is 12.9. The summed E-state index contributed by atoms with van der Waals surface area (Å²) in [6, 6.07) is 7.67. The van der Waals surface area contributed by atoms with E-state index >= 15 is 0 Å². The fraction of sp³-hybridized carbons (Fsp3) is 0.0833. The summed E-state index contributed by atoms with van der Waals surface area (Å²) in [4.78, 5) is 4.10. The van der Waals surface area contributed by atoms with Crippen LogP contribution in [-0.4, -0.2) is 4.98 Å². The standard InChI is InChI=1S/C12H8BrClFNO/c13-7-8-2-1-5-16-12(8)17-11-4-3-9(15)6-10(11)14/h1-6H,7H2. The number of aromatic nitrogens is 1. The summed E-state index contributed by atoms with van der Waals surface area (Å²) >= 11 is 9.21. The molecule has 1 heterocycles. The Morgan fingerprint density at radius 3 is 2.88 bits per heavy atom. The van der Waals surface area contributed by atoms with Crippen molar-refractivity contribution in [2.45, 2.75) is 5.33 Å². The highest BCUT2D eigenvalue weighted by Gasteiger charge is 2.08. The smallest absolute Gasteiger partial charge is 0.223 e. The van der Waals surface area contributed by atoms with Gasteiger partial charge in [-0.25, -0.2) is 9.37 Å². The lowest BCUT2D eigenvalue weighted by Crippen LogP contribution is -1.93. The van der Waals surface area contributed by atoms with Gasteiger partial charge in [-0.2, -0.15) is 0 Å². The number of ether oxygens (including phenoxy) is 1. The van der Waals surface area contributed by atoms with Crippen molar-refractivity contribution in [1.82, 2.24) is 4.98 Å². The molecular weight excluding hydrogens is 308 g/mol. The van der Waals surface area contributed by atoms with Crippen LogP contribution in [0, 0.1) is 5.82 Å². The molecular formula is C12H8BrClFNO. The molecule has 0 saturated carbocycles. The van der Waals surface area contributed by atoms with Gasteiger partial charge in [-0.05, 0) is 24.3 Å². The Morgan fingerprint density at radius 2 is 2.18 bits per heavy atom. The molecule has 0 aliphatic rings. The molecule has 2 nitrogen and oxygen atoms in total. The lowest BCUT2D eigenvalue weighted by Gasteiger charge is -2.09. The van der Waals surface area contributed by atoms with Crippen LogP contribution in [-0.2, 0) is 5.33 Å². The molecule has 2 aromatic rings. The van der Waals surface area contributed by atoms with E-state index in [0.717, 1.165) is 5.56 Å². The molecule has 0 fully saturated rings. The van der Waals surface area contributed by atoms with Crippen molar-refractivity contribution < 1.29 is 9.13 Å². The molecule has 0 amide bonds. The third-order valence-corrected chi connectivity index (χ3v) is 2.99. The van der Waals surface area contributed by atoms with E-state index in [1.165, 1.54) is 18.2 Å². The summed E-state index contributed by atoms with van der Waals surface area (Å²) in [5.74, 6) is 0.441. The monoisotopic (exact) mass is 315 g/mol. The minimum Gasteiger partial charge on any atom is -0.437 e. The van der Waals surface area contributed by atoms with Crippen molar-refractivity contribution in [1.29, 1.82) is 0 Å². The highest BCUT2D eigenvalue weighted by atomic mass is 79.9. The molecule has 0 bridgehead atoms. The minimum absolute atomic E-state index is 0.219. The average Bonchev–Trinajstić information content (AvgIpc) is 2.33. The Morgan fingerprint density at radius 1 is 1.35 bits per heavy atom. The third kappa shape index (κ3) is 2.96. The molecule has 2 rings (SSSR count). The third-order valence-electron chi connectivity index (χ3n) is 2.09. The van der Waals surface area contributed by atoms with Gasteiger partial charge in [-0.3, -0.25) is 0 Å². The van der Waals surface area contributed by atoms with Crippen molar-refractivity contribution in [3.63, 3.8) is 0 Å². The van der Waals surface area contributed by atoms with E-state index in [1.807, 2.05) is 12.1 Å². The number of alkyl halides is 1. The van der Waals surface area contributed by atoms with E-state index in [4.69, 9.17) is 16.3 Å². The SMILES string of the molecule is Fc1ccc(Oc2ncccc2CBr)c(Cl)c1. The maximum atomic E-state index is 12.9. The molecule has 1 aromatic heterocycles. The first-order valence-corrected chi connectivity index (χ1v) is 6.33. The second-order valence-electron chi connectivity index (χ2n) is 3.28. The molecule has 0 unspecified atom stereocenters. The van der Waals surface area contributed by atoms with E-state index in [-0.39, 0.29) is 5.02 Å². The first-order chi connectivity index (χ1) is 8.20. The zero-order valence-corrected chi connectivity index (χ0v) is 11.0. The molecule has 0 aliphatic heterocycles. The lowest BCUT2D eigenvalue weighted by molar-refractivity contribution is 0.457. The van der Waals surface area contributed by atoms with Crippen molar-refractivity contribution in [3.05, 3.63) is 52.9 Å². The number of hydrogen-bond acceptors (Lipinski definition) is 2. The van der Waals surface area contributed by atoms with Gasteiger partial charge in [0.1, 0.15) is 11.6 Å². The molecule has 0 saturated heterocycles. The van der Waals surface area contributed by atoms with E-state index in [1.54, 1.807) is 6.20 Å². The molecule has 1 aromatic carbocycles. The Kier molecular flexibility index (Phi) is 3.97. The molecule has 0 N–H and O–H groups in total. The summed E-state index contributed by atoms with van der Waals surface area (Å²) < 4.78 is 18.4. The second-order valence-corrected chi connectivity index (χ2v) is 4.25. The van der Waals surface area contributed by atoms with Crippen LogP contribution in [0.3, 0.4) is 0 Å². The summed E-state index contributed by atoms with van der Waals surface area (Å²) in [6.07, 6.45) is 1.62. The summed E-state index contributed by atoms with van der Waals surface area (Å²) in [5, 5.41) is 0.839. The van der Waals surface area contributed by atoms with Crippen molar-refractivity contribution in [2.75, 3.05) is 0 Å². The Balaban J connectivity index is 2.31. The van der Waals surface area contributed by atoms with E-state index in [0.29, 0.717) is 17.0 Å². The zero-order chi connectivity index (χ0) is 12.3. The van der Waals surface area contributed by atoms with Crippen LogP contribution < -0.4 is 4.74 Å². The fourth-order valence-electron chi connectivity index (χ4n) is 1.28. The van der Waals surface area contributed by atoms with E-state index in [2.05, 4.69) is 20.9 Å². The minimum atomic E-state index is -0.399. The largest absolute Gasteiger partial charge is 0.437 e. The summed E-state index contributed by atoms with van der Waals surface area (Å²) in [7, 11) is 0. The molecule has 0 radical (unpaired) electrons. The number of benzene rings is 1. The highest BCUT2D eigenvalue weighted by molar-refractivity contribution is 9.08. The maximum Gasteiger partial charge on any atom is 0.223 e. The van der Waals surface area contributed by atoms with Gasteiger partial charge in [0.2, 0.25) is 5.88 Å². The van der Waals surface area contributed by atoms with Crippen molar-refractivity contribution in [3.8, 4) is 11.6 Å². The number of rotatable bonds is 3. The number of nitrogens with zero attached hydrogens (tertiary/aromatic N) is 1. The van der Waals surface area contributed by atoms with Crippen LogP contribution in [0.4, 0.5) is 4.39 Å². The second kappa shape index (κ2) is 5.47. The van der Waals surface area contributed by atoms with Crippen LogP contribution in [0.15, 0.2) is 36.5 Å². The quantitative estimate of drug-likeness (QED) is 0.774. The van der Waals surface area contributed by atoms with Crippen LogP contribution in [0.2, 0.25) is 5.02 Å². The van der Waals surface area contributed by atoms with Crippen molar-refractivity contribution in [2.24, 2.45) is 0 Å². The topological polar surface area (TPSA) is 22.1 Å². The fourth-order valence-corrected chi connectivity index (χ4v) is 1.91. The Bertz CT molecular complexity index is 536. The molecule has 0 atom stereocenters. The Hall–Kier alpha value is -1.13. The van der Waals surface area contributed by atoms with Gasteiger partial charge in [0.15, 0.2) is 0 Å². The van der Waals surface area contributed by atoms with Crippen LogP contribution >= 0.6 is 27.5 Å². The molecule has 88 valence electrons. The van der Waals surface area contributed by atoms with Gasteiger partial charge in [0.05, 0.1) is 5.02 Å². The van der Waals surface area contributed by atoms with Gasteiger partial charge >= 0.3 is 0 Å². The average molecular weight is 317 g/mol. The van der Waals surface area contributed by atoms with E-state index < -0.39 is 5.82 Å². The highest BCUT2D eigenvalue weighted by Crippen LogP contribution is 2.30. The van der Waals surface area contributed by atoms with Gasteiger partial charge in [0.25, 0.3) is 0 Å². The number of pyridine rings is 1. The van der Waals surface area contributed by atoms with Gasteiger partial charge < -0.3 is 4.74 Å². The molecule has 17 heavy (non-hydrogen) atoms. The molecule has 0 aliphatic carbocycles. The number of hydrogen-bond donors (Lipinski definition) is 0.